The molecule has 13 heteroatoms. The molecular formula is C32H30F2LiN3O7. The van der Waals surface area contributed by atoms with E-state index < -0.39 is 34.8 Å². The third kappa shape index (κ3) is 7.90. The Bertz CT molecular complexity index is 1720. The maximum atomic E-state index is 15.2. The number of nitrogens with one attached hydrogen (secondary N) is 2. The van der Waals surface area contributed by atoms with Gasteiger partial charge in [-0.3, -0.25) is 19.4 Å². The van der Waals surface area contributed by atoms with Crippen LogP contribution in [0.2, 0.25) is 0 Å². The van der Waals surface area contributed by atoms with Crippen LogP contribution >= 0.6 is 0 Å². The molecule has 0 aliphatic heterocycles. The number of rotatable bonds is 13. The van der Waals surface area contributed by atoms with Gasteiger partial charge in [0.15, 0.2) is 23.1 Å². The third-order valence-electron chi connectivity index (χ3n) is 6.99. The SMILES string of the molecule is CCOc1cc2c(Oc3ccc(NC(=O)C4(C(=O)Nc5ccc(F)cc5)CC4)cc3F)ccnc2cc1OCCCC(=O)O.[LiH]. The van der Waals surface area contributed by atoms with Crippen molar-refractivity contribution in [1.29, 1.82) is 0 Å². The molecule has 230 valence electrons. The number of aliphatic carboxylic acids is 1. The van der Waals surface area contributed by atoms with Gasteiger partial charge in [0, 0.05) is 41.5 Å². The monoisotopic (exact) mass is 613 g/mol. The predicted molar refractivity (Wildman–Crippen MR) is 164 cm³/mol. The van der Waals surface area contributed by atoms with E-state index in [4.69, 9.17) is 19.3 Å². The second kappa shape index (κ2) is 14.4. The maximum absolute atomic E-state index is 15.2. The Morgan fingerprint density at radius 3 is 2.18 bits per heavy atom. The Morgan fingerprint density at radius 1 is 0.867 bits per heavy atom. The molecule has 1 fully saturated rings. The minimum absolute atomic E-state index is 0. The molecule has 1 aliphatic rings. The summed E-state index contributed by atoms with van der Waals surface area (Å²) in [7, 11) is 0. The molecule has 1 saturated carbocycles. The van der Waals surface area contributed by atoms with Crippen LogP contribution in [0, 0.1) is 17.0 Å². The van der Waals surface area contributed by atoms with Crippen LogP contribution in [-0.2, 0) is 14.4 Å². The molecule has 0 spiro atoms. The quantitative estimate of drug-likeness (QED) is 0.0999. The van der Waals surface area contributed by atoms with Crippen molar-refractivity contribution in [3.8, 4) is 23.0 Å². The number of pyridine rings is 1. The fourth-order valence-electron chi connectivity index (χ4n) is 4.50. The minimum atomic E-state index is -1.30. The molecule has 3 aromatic carbocycles. The summed E-state index contributed by atoms with van der Waals surface area (Å²) in [5.74, 6) is -2.26. The fraction of sp³-hybridized carbons (Fsp3) is 0.250. The Morgan fingerprint density at radius 2 is 1.53 bits per heavy atom. The zero-order valence-corrected chi connectivity index (χ0v) is 23.7. The van der Waals surface area contributed by atoms with Gasteiger partial charge in [0.05, 0.1) is 18.7 Å². The van der Waals surface area contributed by atoms with Gasteiger partial charge in [0.2, 0.25) is 11.8 Å². The van der Waals surface area contributed by atoms with Gasteiger partial charge < -0.3 is 30.0 Å². The van der Waals surface area contributed by atoms with Crippen LogP contribution in [0.15, 0.2) is 66.9 Å². The first-order chi connectivity index (χ1) is 21.2. The zero-order valence-electron chi connectivity index (χ0n) is 23.7. The number of hydrogen-bond donors (Lipinski definition) is 3. The van der Waals surface area contributed by atoms with E-state index >= 15 is 4.39 Å². The summed E-state index contributed by atoms with van der Waals surface area (Å²) in [6.07, 6.45) is 2.42. The summed E-state index contributed by atoms with van der Waals surface area (Å²) in [5, 5.41) is 14.6. The van der Waals surface area contributed by atoms with E-state index in [2.05, 4.69) is 15.6 Å². The van der Waals surface area contributed by atoms with Gasteiger partial charge in [-0.25, -0.2) is 8.78 Å². The van der Waals surface area contributed by atoms with E-state index in [9.17, 15) is 18.8 Å². The van der Waals surface area contributed by atoms with Gasteiger partial charge in [-0.2, -0.15) is 0 Å². The third-order valence-corrected chi connectivity index (χ3v) is 6.99. The average molecular weight is 614 g/mol. The van der Waals surface area contributed by atoms with E-state index in [1.54, 1.807) is 25.1 Å². The number of carboxylic acid groups (broad SMARTS) is 1. The molecule has 45 heavy (non-hydrogen) atoms. The van der Waals surface area contributed by atoms with Crippen molar-refractivity contribution in [2.45, 2.75) is 32.6 Å². The number of nitrogens with zero attached hydrogens (tertiary/aromatic N) is 1. The summed E-state index contributed by atoms with van der Waals surface area (Å²) in [4.78, 5) is 41.0. The molecule has 0 bridgehead atoms. The van der Waals surface area contributed by atoms with E-state index in [1.807, 2.05) is 0 Å². The van der Waals surface area contributed by atoms with E-state index in [0.717, 1.165) is 6.07 Å². The predicted octanol–water partition coefficient (Wildman–Crippen LogP) is 5.66. The van der Waals surface area contributed by atoms with Crippen molar-refractivity contribution in [3.63, 3.8) is 0 Å². The van der Waals surface area contributed by atoms with Crippen LogP contribution < -0.4 is 24.8 Å². The molecule has 1 heterocycles. The number of aromatic nitrogens is 1. The number of amides is 2. The normalized spacial score (nSPS) is 12.9. The number of anilines is 2. The van der Waals surface area contributed by atoms with Crippen LogP contribution in [-0.4, -0.2) is 59.9 Å². The van der Waals surface area contributed by atoms with Gasteiger partial charge in [0.25, 0.3) is 0 Å². The summed E-state index contributed by atoms with van der Waals surface area (Å²) >= 11 is 0. The first kappa shape index (κ1) is 33.2. The molecule has 0 unspecified atom stereocenters. The number of benzene rings is 3. The number of hydrogen-bond acceptors (Lipinski definition) is 7. The van der Waals surface area contributed by atoms with Crippen molar-refractivity contribution in [2.75, 3.05) is 23.8 Å². The van der Waals surface area contributed by atoms with Gasteiger partial charge >= 0.3 is 24.8 Å². The summed E-state index contributed by atoms with van der Waals surface area (Å²) in [6.45, 7) is 2.31. The summed E-state index contributed by atoms with van der Waals surface area (Å²) in [5.41, 5.74) is -0.312. The number of carbonyl (C=O) groups excluding carboxylic acids is 2. The number of carboxylic acids is 1. The zero-order chi connectivity index (χ0) is 31.3. The summed E-state index contributed by atoms with van der Waals surface area (Å²) in [6, 6.07) is 14.0. The number of ether oxygens (including phenoxy) is 3. The molecule has 3 N–H and O–H groups in total. The van der Waals surface area contributed by atoms with Gasteiger partial charge in [-0.1, -0.05) is 0 Å². The molecule has 10 nitrogen and oxygen atoms in total. The molecule has 0 atom stereocenters. The van der Waals surface area contributed by atoms with Gasteiger partial charge in [-0.05, 0) is 74.7 Å². The second-order valence-electron chi connectivity index (χ2n) is 10.1. The topological polar surface area (TPSA) is 136 Å². The molecule has 0 radical (unpaired) electrons. The van der Waals surface area contributed by atoms with Crippen LogP contribution in [0.4, 0.5) is 20.2 Å². The standard InChI is InChI=1S/C32H29F2N3O7.Li.H/c1-2-42-27-17-22-24(18-28(27)43-15-3-4-29(38)39)35-14-11-25(22)44-26-10-9-21(16-23(26)34)37-31(41)32(12-13-32)30(40)36-20-7-5-19(33)6-8-20;;/h5-11,14,16-18H,2-4,12-13,15H2,1H3,(H,36,40)(H,37,41)(H,38,39);;. The van der Waals surface area contributed by atoms with Crippen LogP contribution in [0.1, 0.15) is 32.6 Å². The van der Waals surface area contributed by atoms with Crippen LogP contribution in [0.3, 0.4) is 0 Å². The molecular weight excluding hydrogens is 583 g/mol. The van der Waals surface area contributed by atoms with E-state index in [0.29, 0.717) is 59.7 Å². The van der Waals surface area contributed by atoms with Crippen molar-refractivity contribution >= 4 is 58.9 Å². The molecule has 2 amide bonds. The van der Waals surface area contributed by atoms with Gasteiger partial charge in [-0.15, -0.1) is 0 Å². The van der Waals surface area contributed by atoms with Crippen LogP contribution in [0.5, 0.6) is 23.0 Å². The Labute approximate surface area is 269 Å². The van der Waals surface area contributed by atoms with E-state index in [-0.39, 0.29) is 43.3 Å². The Hall–Kier alpha value is -4.66. The molecule has 1 aromatic heterocycles. The first-order valence-corrected chi connectivity index (χ1v) is 13.9. The van der Waals surface area contributed by atoms with Crippen molar-refractivity contribution in [3.05, 3.63) is 78.5 Å². The Kier molecular flexibility index (Phi) is 10.6. The molecule has 5 rings (SSSR count). The first-order valence-electron chi connectivity index (χ1n) is 13.9. The molecule has 0 saturated heterocycles. The summed E-state index contributed by atoms with van der Waals surface area (Å²) < 4.78 is 45.7. The molecule has 1 aliphatic carbocycles. The van der Waals surface area contributed by atoms with Gasteiger partial charge in [0.1, 0.15) is 17.0 Å². The number of halogens is 2. The van der Waals surface area contributed by atoms with Crippen molar-refractivity contribution in [1.82, 2.24) is 4.98 Å². The van der Waals surface area contributed by atoms with Crippen molar-refractivity contribution < 1.29 is 42.5 Å². The number of carbonyl (C=O) groups is 3. The molecule has 4 aromatic rings. The average Bonchev–Trinajstić information content (AvgIpc) is 3.81. The van der Waals surface area contributed by atoms with Crippen molar-refractivity contribution in [2.24, 2.45) is 5.41 Å². The Balaban J connectivity index is 0.00000461. The fourth-order valence-corrected chi connectivity index (χ4v) is 4.50. The second-order valence-corrected chi connectivity index (χ2v) is 10.1. The number of fused-ring (bicyclic) bond motifs is 1. The van der Waals surface area contributed by atoms with Crippen LogP contribution in [0.25, 0.3) is 10.9 Å². The van der Waals surface area contributed by atoms with E-state index in [1.165, 1.54) is 42.6 Å².